The number of carbonyl (C=O) groups excluding carboxylic acids is 2. The van der Waals surface area contributed by atoms with Crippen LogP contribution in [0.15, 0.2) is 42.6 Å². The number of hydrogen-bond donors (Lipinski definition) is 2. The summed E-state index contributed by atoms with van der Waals surface area (Å²) in [4.78, 5) is 29.9. The number of nitrogens with one attached hydrogen (secondary N) is 2. The zero-order valence-corrected chi connectivity index (χ0v) is 20.1. The first-order valence-electron chi connectivity index (χ1n) is 10.3. The van der Waals surface area contributed by atoms with E-state index in [1.807, 2.05) is 16.9 Å². The molecule has 0 spiro atoms. The van der Waals surface area contributed by atoms with E-state index in [0.29, 0.717) is 22.8 Å². The van der Waals surface area contributed by atoms with Crippen LogP contribution in [0.25, 0.3) is 5.65 Å². The highest BCUT2D eigenvalue weighted by atomic mass is 32.2. The summed E-state index contributed by atoms with van der Waals surface area (Å²) in [6.45, 7) is 7.54. The van der Waals surface area contributed by atoms with Crippen LogP contribution < -0.4 is 14.9 Å². The summed E-state index contributed by atoms with van der Waals surface area (Å²) < 4.78 is 27.5. The van der Waals surface area contributed by atoms with Crippen molar-refractivity contribution in [2.75, 3.05) is 29.6 Å². The van der Waals surface area contributed by atoms with Crippen molar-refractivity contribution in [2.24, 2.45) is 0 Å². The van der Waals surface area contributed by atoms with Crippen LogP contribution in [0.4, 0.5) is 11.6 Å². The molecule has 2 amide bonds. The second kappa shape index (κ2) is 9.18. The monoisotopic (exact) mass is 472 g/mol. The van der Waals surface area contributed by atoms with E-state index in [2.05, 4.69) is 36.2 Å². The van der Waals surface area contributed by atoms with Crippen molar-refractivity contribution in [3.8, 4) is 0 Å². The highest BCUT2D eigenvalue weighted by molar-refractivity contribution is 7.90. The number of benzene rings is 1. The molecule has 0 bridgehead atoms. The minimum Gasteiger partial charge on any atom is -0.358 e. The van der Waals surface area contributed by atoms with Gasteiger partial charge in [-0.05, 0) is 23.1 Å². The Balaban J connectivity index is 1.81. The lowest BCUT2D eigenvalue weighted by Gasteiger charge is -2.21. The number of nitrogens with zero attached hydrogens (tertiary/aromatic N) is 4. The summed E-state index contributed by atoms with van der Waals surface area (Å²) in [5, 5.41) is 7.02. The highest BCUT2D eigenvalue weighted by Gasteiger charge is 2.18. The Morgan fingerprint density at radius 3 is 2.39 bits per heavy atom. The Morgan fingerprint density at radius 2 is 1.79 bits per heavy atom. The lowest BCUT2D eigenvalue weighted by atomic mass is 9.87. The van der Waals surface area contributed by atoms with Crippen molar-refractivity contribution in [1.29, 1.82) is 0 Å². The first kappa shape index (κ1) is 24.2. The van der Waals surface area contributed by atoms with Crippen LogP contribution in [0.1, 0.15) is 43.6 Å². The van der Waals surface area contributed by atoms with Crippen molar-refractivity contribution in [2.45, 2.75) is 33.1 Å². The number of aromatic nitrogens is 3. The average Bonchev–Trinajstić information content (AvgIpc) is 3.18. The largest absolute Gasteiger partial charge is 0.358 e. The molecule has 0 atom stereocenters. The molecular formula is C22H28N6O4S. The van der Waals surface area contributed by atoms with E-state index >= 15 is 0 Å². The smallest absolute Gasteiger partial charge is 0.256 e. The number of carbonyl (C=O) groups is 2. The lowest BCUT2D eigenvalue weighted by Crippen LogP contribution is -2.35. The van der Waals surface area contributed by atoms with Crippen LogP contribution >= 0.6 is 0 Å². The first-order valence-corrected chi connectivity index (χ1v) is 12.0. The molecule has 2 aromatic heterocycles. The van der Waals surface area contributed by atoms with Gasteiger partial charge in [-0.25, -0.2) is 13.4 Å². The standard InChI is InChI=1S/C22H28N6O4S/c1-15(29)26-33(31,32)13-12-27(5)20-14-18(24-19-10-11-23-28(19)20)25-21(30)16-6-8-17(9-7-16)22(2,3)4/h6-11,14H,12-13H2,1-5H3,(H,26,29)(H,24,25,30). The van der Waals surface area contributed by atoms with Gasteiger partial charge in [0, 0.05) is 38.2 Å². The zero-order chi connectivity index (χ0) is 24.4. The molecule has 0 saturated heterocycles. The van der Waals surface area contributed by atoms with E-state index in [0.717, 1.165) is 12.5 Å². The van der Waals surface area contributed by atoms with Crippen molar-refractivity contribution >= 4 is 39.1 Å². The van der Waals surface area contributed by atoms with E-state index < -0.39 is 15.9 Å². The molecule has 10 nitrogen and oxygen atoms in total. The molecule has 11 heteroatoms. The van der Waals surface area contributed by atoms with Crippen molar-refractivity contribution in [3.63, 3.8) is 0 Å². The Hall–Kier alpha value is -3.47. The Morgan fingerprint density at radius 1 is 1.12 bits per heavy atom. The maximum absolute atomic E-state index is 12.8. The van der Waals surface area contributed by atoms with E-state index in [-0.39, 0.29) is 23.6 Å². The van der Waals surface area contributed by atoms with Crippen LogP contribution in [0, 0.1) is 0 Å². The third kappa shape index (κ3) is 6.07. The Kier molecular flexibility index (Phi) is 6.73. The van der Waals surface area contributed by atoms with Gasteiger partial charge in [0.05, 0.1) is 11.9 Å². The van der Waals surface area contributed by atoms with Gasteiger partial charge in [0.2, 0.25) is 15.9 Å². The predicted octanol–water partition coefficient (Wildman–Crippen LogP) is 2.18. The maximum atomic E-state index is 12.8. The number of amides is 2. The van der Waals surface area contributed by atoms with Crippen LogP contribution in [-0.2, 0) is 20.2 Å². The number of rotatable bonds is 7. The number of sulfonamides is 1. The first-order chi connectivity index (χ1) is 15.4. The molecule has 0 aliphatic carbocycles. The second-order valence-corrected chi connectivity index (χ2v) is 10.6. The van der Waals surface area contributed by atoms with E-state index in [9.17, 15) is 18.0 Å². The second-order valence-electron chi connectivity index (χ2n) is 8.78. The number of anilines is 2. The van der Waals surface area contributed by atoms with Gasteiger partial charge in [-0.2, -0.15) is 9.61 Å². The fraction of sp³-hybridized carbons (Fsp3) is 0.364. The van der Waals surface area contributed by atoms with Crippen molar-refractivity contribution < 1.29 is 18.0 Å². The van der Waals surface area contributed by atoms with Gasteiger partial charge in [-0.3, -0.25) is 14.3 Å². The Labute approximate surface area is 193 Å². The SMILES string of the molecule is CC(=O)NS(=O)(=O)CCN(C)c1cc(NC(=O)c2ccc(C(C)(C)C)cc2)nc2ccnn12. The molecule has 33 heavy (non-hydrogen) atoms. The van der Waals surface area contributed by atoms with Crippen LogP contribution in [-0.4, -0.2) is 54.2 Å². The van der Waals surface area contributed by atoms with Gasteiger partial charge in [-0.1, -0.05) is 32.9 Å². The van der Waals surface area contributed by atoms with Crippen molar-refractivity contribution in [3.05, 3.63) is 53.7 Å². The fourth-order valence-electron chi connectivity index (χ4n) is 3.18. The molecular weight excluding hydrogens is 444 g/mol. The summed E-state index contributed by atoms with van der Waals surface area (Å²) in [6.07, 6.45) is 1.56. The molecule has 1 aromatic carbocycles. The molecule has 0 unspecified atom stereocenters. The lowest BCUT2D eigenvalue weighted by molar-refractivity contribution is -0.117. The van der Waals surface area contributed by atoms with Gasteiger partial charge in [-0.15, -0.1) is 0 Å². The normalized spacial score (nSPS) is 11.9. The number of fused-ring (bicyclic) bond motifs is 1. The van der Waals surface area contributed by atoms with E-state index in [1.165, 1.54) is 0 Å². The summed E-state index contributed by atoms with van der Waals surface area (Å²) in [7, 11) is -2.07. The maximum Gasteiger partial charge on any atom is 0.256 e. The summed E-state index contributed by atoms with van der Waals surface area (Å²) in [5.41, 5.74) is 2.09. The highest BCUT2D eigenvalue weighted by Crippen LogP contribution is 2.23. The molecule has 2 heterocycles. The van der Waals surface area contributed by atoms with Crippen LogP contribution in [0.5, 0.6) is 0 Å². The predicted molar refractivity (Wildman–Crippen MR) is 127 cm³/mol. The third-order valence-corrected chi connectivity index (χ3v) is 6.30. The molecule has 0 saturated carbocycles. The summed E-state index contributed by atoms with van der Waals surface area (Å²) >= 11 is 0. The quantitative estimate of drug-likeness (QED) is 0.540. The molecule has 3 rings (SSSR count). The molecule has 0 radical (unpaired) electrons. The average molecular weight is 473 g/mol. The van der Waals surface area contributed by atoms with Crippen molar-refractivity contribution in [1.82, 2.24) is 19.3 Å². The molecule has 0 aliphatic heterocycles. The Bertz CT molecular complexity index is 1280. The minimum absolute atomic E-state index is 0.0174. The third-order valence-electron chi connectivity index (χ3n) is 4.98. The molecule has 0 aliphatic rings. The van der Waals surface area contributed by atoms with Gasteiger partial charge in [0.1, 0.15) is 11.6 Å². The van der Waals surface area contributed by atoms with Gasteiger partial charge < -0.3 is 10.2 Å². The topological polar surface area (TPSA) is 126 Å². The van der Waals surface area contributed by atoms with Gasteiger partial charge in [0.15, 0.2) is 5.65 Å². The minimum atomic E-state index is -3.76. The van der Waals surface area contributed by atoms with Gasteiger partial charge in [0.25, 0.3) is 5.91 Å². The molecule has 176 valence electrons. The number of hydrogen-bond acceptors (Lipinski definition) is 7. The van der Waals surface area contributed by atoms with Gasteiger partial charge >= 0.3 is 0 Å². The summed E-state index contributed by atoms with van der Waals surface area (Å²) in [5.74, 6) is -0.415. The zero-order valence-electron chi connectivity index (χ0n) is 19.3. The molecule has 0 fully saturated rings. The summed E-state index contributed by atoms with van der Waals surface area (Å²) in [6, 6.07) is 10.7. The van der Waals surface area contributed by atoms with E-state index in [4.69, 9.17) is 0 Å². The van der Waals surface area contributed by atoms with E-state index in [1.54, 1.807) is 46.9 Å². The molecule has 3 aromatic rings. The fourth-order valence-corrected chi connectivity index (χ4v) is 4.24. The van der Waals surface area contributed by atoms with Crippen LogP contribution in [0.2, 0.25) is 0 Å². The van der Waals surface area contributed by atoms with Crippen LogP contribution in [0.3, 0.4) is 0 Å². The molecule has 2 N–H and O–H groups in total.